The van der Waals surface area contributed by atoms with E-state index < -0.39 is 6.03 Å². The van der Waals surface area contributed by atoms with Gasteiger partial charge in [-0.15, -0.1) is 0 Å². The third kappa shape index (κ3) is 3.67. The molecule has 6 nitrogen and oxygen atoms in total. The summed E-state index contributed by atoms with van der Waals surface area (Å²) in [4.78, 5) is 16.2. The standard InChI is InChI=1S/C16H14ClN5O/c1-11-9-15(20-16(23)19-14-7-2-3-8-18-14)22(21-11)13-6-4-5-12(17)10-13/h2-10H,1H3,(H2,18,19,20,23). The Morgan fingerprint density at radius 1 is 1.13 bits per heavy atom. The van der Waals surface area contributed by atoms with Crippen LogP contribution in [0.5, 0.6) is 0 Å². The van der Waals surface area contributed by atoms with Crippen LogP contribution in [0.2, 0.25) is 5.02 Å². The number of halogens is 1. The quantitative estimate of drug-likeness (QED) is 0.767. The van der Waals surface area contributed by atoms with Crippen LogP contribution >= 0.6 is 11.6 Å². The average molecular weight is 328 g/mol. The molecule has 3 aromatic rings. The summed E-state index contributed by atoms with van der Waals surface area (Å²) in [5, 5.41) is 10.4. The molecule has 3 rings (SSSR count). The molecule has 23 heavy (non-hydrogen) atoms. The van der Waals surface area contributed by atoms with E-state index in [9.17, 15) is 4.79 Å². The molecule has 116 valence electrons. The van der Waals surface area contributed by atoms with Crippen LogP contribution in [0.1, 0.15) is 5.69 Å². The molecular weight excluding hydrogens is 314 g/mol. The molecule has 0 aliphatic carbocycles. The van der Waals surface area contributed by atoms with Gasteiger partial charge in [0.15, 0.2) is 0 Å². The summed E-state index contributed by atoms with van der Waals surface area (Å²) in [6.07, 6.45) is 1.61. The van der Waals surface area contributed by atoms with Crippen molar-refractivity contribution in [2.75, 3.05) is 10.6 Å². The van der Waals surface area contributed by atoms with Crippen molar-refractivity contribution in [3.63, 3.8) is 0 Å². The fourth-order valence-corrected chi connectivity index (χ4v) is 2.28. The SMILES string of the molecule is Cc1cc(NC(=O)Nc2ccccn2)n(-c2cccc(Cl)c2)n1. The molecule has 2 N–H and O–H groups in total. The van der Waals surface area contributed by atoms with Crippen molar-refractivity contribution in [1.82, 2.24) is 14.8 Å². The van der Waals surface area contributed by atoms with E-state index in [1.807, 2.05) is 19.1 Å². The summed E-state index contributed by atoms with van der Waals surface area (Å²) < 4.78 is 1.62. The number of carbonyl (C=O) groups excluding carboxylic acids is 1. The highest BCUT2D eigenvalue weighted by atomic mass is 35.5. The van der Waals surface area contributed by atoms with E-state index in [-0.39, 0.29) is 0 Å². The maximum absolute atomic E-state index is 12.1. The van der Waals surface area contributed by atoms with Crippen molar-refractivity contribution < 1.29 is 4.79 Å². The summed E-state index contributed by atoms with van der Waals surface area (Å²) >= 11 is 6.02. The highest BCUT2D eigenvalue weighted by Gasteiger charge is 2.11. The minimum absolute atomic E-state index is 0.396. The van der Waals surface area contributed by atoms with Gasteiger partial charge in [0, 0.05) is 17.3 Å². The number of anilines is 2. The number of hydrogen-bond donors (Lipinski definition) is 2. The molecule has 0 aliphatic heterocycles. The first-order valence-electron chi connectivity index (χ1n) is 6.93. The number of pyridine rings is 1. The second-order valence-corrected chi connectivity index (χ2v) is 5.29. The van der Waals surface area contributed by atoms with E-state index in [4.69, 9.17) is 11.6 Å². The van der Waals surface area contributed by atoms with Crippen LogP contribution in [0, 0.1) is 6.92 Å². The molecule has 0 radical (unpaired) electrons. The first kappa shape index (κ1) is 15.1. The van der Waals surface area contributed by atoms with E-state index in [2.05, 4.69) is 20.7 Å². The Kier molecular flexibility index (Phi) is 4.25. The second kappa shape index (κ2) is 6.50. The van der Waals surface area contributed by atoms with Gasteiger partial charge in [0.25, 0.3) is 0 Å². The highest BCUT2D eigenvalue weighted by molar-refractivity contribution is 6.30. The molecule has 0 unspecified atom stereocenters. The van der Waals surface area contributed by atoms with Crippen molar-refractivity contribution in [1.29, 1.82) is 0 Å². The van der Waals surface area contributed by atoms with Gasteiger partial charge in [-0.05, 0) is 37.3 Å². The predicted molar refractivity (Wildman–Crippen MR) is 90.2 cm³/mol. The van der Waals surface area contributed by atoms with Crippen molar-refractivity contribution in [3.8, 4) is 5.69 Å². The van der Waals surface area contributed by atoms with E-state index >= 15 is 0 Å². The zero-order valence-corrected chi connectivity index (χ0v) is 13.1. The Hall–Kier alpha value is -2.86. The van der Waals surface area contributed by atoms with Crippen LogP contribution in [0.4, 0.5) is 16.4 Å². The Bertz CT molecular complexity index is 831. The van der Waals surface area contributed by atoms with Crippen molar-refractivity contribution >= 4 is 29.3 Å². The molecule has 1 aromatic carbocycles. The fourth-order valence-electron chi connectivity index (χ4n) is 2.09. The van der Waals surface area contributed by atoms with Crippen LogP contribution < -0.4 is 10.6 Å². The van der Waals surface area contributed by atoms with Crippen LogP contribution in [0.25, 0.3) is 5.69 Å². The van der Waals surface area contributed by atoms with Gasteiger partial charge in [-0.2, -0.15) is 5.10 Å². The number of nitrogens with zero attached hydrogens (tertiary/aromatic N) is 3. The molecule has 2 aromatic heterocycles. The molecule has 0 saturated carbocycles. The van der Waals surface area contributed by atoms with Gasteiger partial charge < -0.3 is 0 Å². The van der Waals surface area contributed by atoms with Crippen molar-refractivity contribution in [2.24, 2.45) is 0 Å². The molecule has 0 atom stereocenters. The minimum atomic E-state index is -0.396. The number of aryl methyl sites for hydroxylation is 1. The van der Waals surface area contributed by atoms with Crippen molar-refractivity contribution in [3.05, 3.63) is 65.4 Å². The lowest BCUT2D eigenvalue weighted by Gasteiger charge is -2.10. The van der Waals surface area contributed by atoms with Crippen LogP contribution in [0.3, 0.4) is 0 Å². The molecule has 2 amide bonds. The van der Waals surface area contributed by atoms with Crippen LogP contribution in [-0.2, 0) is 0 Å². The molecule has 0 spiro atoms. The lowest BCUT2D eigenvalue weighted by molar-refractivity contribution is 0.262. The monoisotopic (exact) mass is 327 g/mol. The number of hydrogen-bond acceptors (Lipinski definition) is 3. The zero-order chi connectivity index (χ0) is 16.2. The number of aromatic nitrogens is 3. The average Bonchev–Trinajstić information content (AvgIpc) is 2.88. The summed E-state index contributed by atoms with van der Waals surface area (Å²) in [6.45, 7) is 1.85. The summed E-state index contributed by atoms with van der Waals surface area (Å²) in [7, 11) is 0. The van der Waals surface area contributed by atoms with Gasteiger partial charge in [0.05, 0.1) is 11.4 Å². The second-order valence-electron chi connectivity index (χ2n) is 4.86. The summed E-state index contributed by atoms with van der Waals surface area (Å²) in [5.74, 6) is 1.01. The lowest BCUT2D eigenvalue weighted by Crippen LogP contribution is -2.21. The molecule has 0 saturated heterocycles. The van der Waals surface area contributed by atoms with Crippen LogP contribution in [0.15, 0.2) is 54.7 Å². The summed E-state index contributed by atoms with van der Waals surface area (Å²) in [6, 6.07) is 13.9. The zero-order valence-electron chi connectivity index (χ0n) is 12.3. The molecule has 0 bridgehead atoms. The maximum atomic E-state index is 12.1. The first-order chi connectivity index (χ1) is 11.1. The van der Waals surface area contributed by atoms with Gasteiger partial charge >= 0.3 is 6.03 Å². The normalized spacial score (nSPS) is 10.3. The van der Waals surface area contributed by atoms with E-state index in [0.29, 0.717) is 16.7 Å². The molecule has 0 fully saturated rings. The smallest absolute Gasteiger partial charge is 0.292 e. The number of rotatable bonds is 3. The Balaban J connectivity index is 1.82. The van der Waals surface area contributed by atoms with E-state index in [1.165, 1.54) is 0 Å². The molecule has 2 heterocycles. The Morgan fingerprint density at radius 2 is 2.00 bits per heavy atom. The van der Waals surface area contributed by atoms with Gasteiger partial charge in [-0.25, -0.2) is 14.5 Å². The molecule has 7 heteroatoms. The van der Waals surface area contributed by atoms with Gasteiger partial charge in [-0.3, -0.25) is 10.6 Å². The first-order valence-corrected chi connectivity index (χ1v) is 7.31. The van der Waals surface area contributed by atoms with Crippen molar-refractivity contribution in [2.45, 2.75) is 6.92 Å². The fraction of sp³-hybridized carbons (Fsp3) is 0.0625. The predicted octanol–water partition coefficient (Wildman–Crippen LogP) is 3.87. The van der Waals surface area contributed by atoms with Gasteiger partial charge in [0.2, 0.25) is 0 Å². The number of benzene rings is 1. The third-order valence-electron chi connectivity index (χ3n) is 3.03. The minimum Gasteiger partial charge on any atom is -0.292 e. The van der Waals surface area contributed by atoms with E-state index in [0.717, 1.165) is 11.4 Å². The number of amides is 2. The Morgan fingerprint density at radius 3 is 2.74 bits per heavy atom. The topological polar surface area (TPSA) is 71.8 Å². The third-order valence-corrected chi connectivity index (χ3v) is 3.27. The lowest BCUT2D eigenvalue weighted by atomic mass is 10.3. The molecular formula is C16H14ClN5O. The largest absolute Gasteiger partial charge is 0.326 e. The van der Waals surface area contributed by atoms with Gasteiger partial charge in [-0.1, -0.05) is 23.7 Å². The van der Waals surface area contributed by atoms with Crippen LogP contribution in [-0.4, -0.2) is 20.8 Å². The van der Waals surface area contributed by atoms with Gasteiger partial charge in [0.1, 0.15) is 11.6 Å². The molecule has 0 aliphatic rings. The Labute approximate surface area is 138 Å². The maximum Gasteiger partial charge on any atom is 0.326 e. The number of carbonyl (C=O) groups is 1. The summed E-state index contributed by atoms with van der Waals surface area (Å²) in [5.41, 5.74) is 1.54. The van der Waals surface area contributed by atoms with E-state index in [1.54, 1.807) is 47.3 Å². The number of urea groups is 1. The number of nitrogens with one attached hydrogen (secondary N) is 2. The highest BCUT2D eigenvalue weighted by Crippen LogP contribution is 2.20.